The Morgan fingerprint density at radius 2 is 1.58 bits per heavy atom. The zero-order valence-corrected chi connectivity index (χ0v) is 11.3. The van der Waals surface area contributed by atoms with E-state index in [1.165, 1.54) is 12.8 Å². The minimum atomic E-state index is -1.51. The minimum absolute atomic E-state index is 0.160. The van der Waals surface area contributed by atoms with Gasteiger partial charge in [0.05, 0.1) is 6.10 Å². The van der Waals surface area contributed by atoms with Crippen molar-refractivity contribution in [3.05, 3.63) is 35.1 Å². The van der Waals surface area contributed by atoms with Crippen molar-refractivity contribution in [3.8, 4) is 0 Å². The molecule has 1 aromatic carbocycles. The summed E-state index contributed by atoms with van der Waals surface area (Å²) in [7, 11) is 0. The summed E-state index contributed by atoms with van der Waals surface area (Å²) >= 11 is 0. The van der Waals surface area contributed by atoms with Crippen LogP contribution in [0.1, 0.15) is 63.5 Å². The van der Waals surface area contributed by atoms with Gasteiger partial charge in [-0.05, 0) is 12.5 Å². The molecular weight excluding hydrogens is 253 g/mol. The maximum absolute atomic E-state index is 13.4. The quantitative estimate of drug-likeness (QED) is 0.528. The number of aliphatic hydroxyl groups is 1. The molecule has 108 valence electrons. The Balaban J connectivity index is 2.41. The molecule has 1 N–H and O–H groups in total. The average molecular weight is 274 g/mol. The summed E-state index contributed by atoms with van der Waals surface area (Å²) in [6.45, 7) is 2.13. The second-order valence-electron chi connectivity index (χ2n) is 4.84. The first-order chi connectivity index (χ1) is 9.07. The van der Waals surface area contributed by atoms with Gasteiger partial charge in [-0.1, -0.05) is 51.5 Å². The minimum Gasteiger partial charge on any atom is -0.388 e. The van der Waals surface area contributed by atoms with E-state index in [0.717, 1.165) is 37.8 Å². The largest absolute Gasteiger partial charge is 0.388 e. The number of halogens is 3. The van der Waals surface area contributed by atoms with Crippen molar-refractivity contribution in [3.63, 3.8) is 0 Å². The first-order valence-electron chi connectivity index (χ1n) is 6.89. The second-order valence-corrected chi connectivity index (χ2v) is 4.84. The lowest BCUT2D eigenvalue weighted by molar-refractivity contribution is 0.157. The molecule has 0 saturated heterocycles. The van der Waals surface area contributed by atoms with Crippen molar-refractivity contribution < 1.29 is 18.3 Å². The van der Waals surface area contributed by atoms with Crippen LogP contribution in [0.3, 0.4) is 0 Å². The van der Waals surface area contributed by atoms with Crippen LogP contribution < -0.4 is 0 Å². The van der Waals surface area contributed by atoms with Crippen LogP contribution in [0.5, 0.6) is 0 Å². The van der Waals surface area contributed by atoms with Gasteiger partial charge in [0.1, 0.15) is 0 Å². The van der Waals surface area contributed by atoms with Crippen LogP contribution in [0, 0.1) is 17.5 Å². The molecule has 0 aliphatic rings. The van der Waals surface area contributed by atoms with Gasteiger partial charge < -0.3 is 5.11 Å². The van der Waals surface area contributed by atoms with E-state index in [2.05, 4.69) is 6.92 Å². The van der Waals surface area contributed by atoms with E-state index in [-0.39, 0.29) is 5.56 Å². The van der Waals surface area contributed by atoms with Gasteiger partial charge in [-0.25, -0.2) is 13.2 Å². The van der Waals surface area contributed by atoms with Crippen molar-refractivity contribution in [1.29, 1.82) is 0 Å². The highest BCUT2D eigenvalue weighted by atomic mass is 19.2. The van der Waals surface area contributed by atoms with Crippen molar-refractivity contribution >= 4 is 0 Å². The smallest absolute Gasteiger partial charge is 0.194 e. The normalized spacial score (nSPS) is 12.7. The summed E-state index contributed by atoms with van der Waals surface area (Å²) in [6, 6.07) is 1.95. The van der Waals surface area contributed by atoms with Gasteiger partial charge in [0.25, 0.3) is 0 Å². The highest BCUT2D eigenvalue weighted by Crippen LogP contribution is 2.25. The van der Waals surface area contributed by atoms with Gasteiger partial charge in [0, 0.05) is 5.56 Å². The second kappa shape index (κ2) is 8.20. The standard InChI is InChI=1S/C15H21F3O/c1-2-3-4-5-6-7-8-13(19)11-9-10-12(16)15(18)14(11)17/h9-10,13,19H,2-8H2,1H3. The van der Waals surface area contributed by atoms with Gasteiger partial charge in [-0.15, -0.1) is 0 Å². The number of benzene rings is 1. The molecule has 1 atom stereocenters. The Kier molecular flexibility index (Phi) is 6.92. The molecule has 0 saturated carbocycles. The first-order valence-corrected chi connectivity index (χ1v) is 6.89. The summed E-state index contributed by atoms with van der Waals surface area (Å²) in [5.41, 5.74) is -0.160. The van der Waals surface area contributed by atoms with Gasteiger partial charge in [0.2, 0.25) is 0 Å². The van der Waals surface area contributed by atoms with Gasteiger partial charge in [-0.3, -0.25) is 0 Å². The molecule has 0 spiro atoms. The molecule has 19 heavy (non-hydrogen) atoms. The SMILES string of the molecule is CCCCCCCCC(O)c1ccc(F)c(F)c1F. The lowest BCUT2D eigenvalue weighted by Crippen LogP contribution is -2.04. The molecule has 1 rings (SSSR count). The number of rotatable bonds is 8. The maximum Gasteiger partial charge on any atom is 0.194 e. The monoisotopic (exact) mass is 274 g/mol. The molecule has 0 aliphatic heterocycles. The third-order valence-corrected chi connectivity index (χ3v) is 3.26. The molecular formula is C15H21F3O. The summed E-state index contributed by atoms with van der Waals surface area (Å²) < 4.78 is 39.2. The van der Waals surface area contributed by atoms with Crippen LogP contribution in [0.25, 0.3) is 0 Å². The van der Waals surface area contributed by atoms with E-state index in [1.54, 1.807) is 0 Å². The van der Waals surface area contributed by atoms with Crippen LogP contribution in [-0.2, 0) is 0 Å². The summed E-state index contributed by atoms with van der Waals surface area (Å²) in [6.07, 6.45) is 5.62. The molecule has 1 unspecified atom stereocenters. The third-order valence-electron chi connectivity index (χ3n) is 3.26. The molecule has 0 radical (unpaired) electrons. The molecule has 0 heterocycles. The zero-order valence-electron chi connectivity index (χ0n) is 11.3. The van der Waals surface area contributed by atoms with Crippen LogP contribution in [0.15, 0.2) is 12.1 Å². The molecule has 0 aliphatic carbocycles. The van der Waals surface area contributed by atoms with Crippen molar-refractivity contribution in [2.24, 2.45) is 0 Å². The number of hydrogen-bond acceptors (Lipinski definition) is 1. The zero-order chi connectivity index (χ0) is 14.3. The van der Waals surface area contributed by atoms with E-state index in [1.807, 2.05) is 0 Å². The molecule has 0 bridgehead atoms. The fraction of sp³-hybridized carbons (Fsp3) is 0.600. The Morgan fingerprint density at radius 3 is 2.26 bits per heavy atom. The Hall–Kier alpha value is -1.03. The fourth-order valence-electron chi connectivity index (χ4n) is 2.07. The van der Waals surface area contributed by atoms with E-state index in [4.69, 9.17) is 0 Å². The van der Waals surface area contributed by atoms with Crippen LogP contribution >= 0.6 is 0 Å². The predicted octanol–water partition coefficient (Wildman–Crippen LogP) is 4.89. The summed E-state index contributed by atoms with van der Waals surface area (Å²) in [5.74, 6) is -4.02. The number of hydrogen-bond donors (Lipinski definition) is 1. The molecule has 0 amide bonds. The Labute approximate surface area is 112 Å². The molecule has 0 aromatic heterocycles. The molecule has 0 fully saturated rings. The highest BCUT2D eigenvalue weighted by Gasteiger charge is 2.18. The van der Waals surface area contributed by atoms with E-state index in [9.17, 15) is 18.3 Å². The lowest BCUT2D eigenvalue weighted by atomic mass is 10.0. The molecule has 4 heteroatoms. The van der Waals surface area contributed by atoms with Gasteiger partial charge in [0.15, 0.2) is 17.5 Å². The van der Waals surface area contributed by atoms with Gasteiger partial charge >= 0.3 is 0 Å². The number of unbranched alkanes of at least 4 members (excludes halogenated alkanes) is 5. The van der Waals surface area contributed by atoms with Crippen LogP contribution in [0.2, 0.25) is 0 Å². The van der Waals surface area contributed by atoms with Crippen LogP contribution in [0.4, 0.5) is 13.2 Å². The van der Waals surface area contributed by atoms with Crippen molar-refractivity contribution in [1.82, 2.24) is 0 Å². The fourth-order valence-corrected chi connectivity index (χ4v) is 2.07. The van der Waals surface area contributed by atoms with E-state index < -0.39 is 23.6 Å². The van der Waals surface area contributed by atoms with Crippen LogP contribution in [-0.4, -0.2) is 5.11 Å². The highest BCUT2D eigenvalue weighted by molar-refractivity contribution is 5.22. The molecule has 1 nitrogen and oxygen atoms in total. The topological polar surface area (TPSA) is 20.2 Å². The lowest BCUT2D eigenvalue weighted by Gasteiger charge is -2.12. The first kappa shape index (κ1) is 16.0. The third kappa shape index (κ3) is 4.86. The Morgan fingerprint density at radius 1 is 0.947 bits per heavy atom. The maximum atomic E-state index is 13.4. The van der Waals surface area contributed by atoms with Crippen molar-refractivity contribution in [2.45, 2.75) is 58.0 Å². The summed E-state index contributed by atoms with van der Waals surface area (Å²) in [4.78, 5) is 0. The van der Waals surface area contributed by atoms with E-state index >= 15 is 0 Å². The number of aliphatic hydroxyl groups excluding tert-OH is 1. The van der Waals surface area contributed by atoms with E-state index in [0.29, 0.717) is 6.42 Å². The van der Waals surface area contributed by atoms with Gasteiger partial charge in [-0.2, -0.15) is 0 Å². The predicted molar refractivity (Wildman–Crippen MR) is 69.3 cm³/mol. The molecule has 1 aromatic rings. The Bertz CT molecular complexity index is 393. The average Bonchev–Trinajstić information content (AvgIpc) is 2.40. The van der Waals surface area contributed by atoms with Crippen molar-refractivity contribution in [2.75, 3.05) is 0 Å². The summed E-state index contributed by atoms with van der Waals surface area (Å²) in [5, 5.41) is 9.79.